The van der Waals surface area contributed by atoms with Crippen molar-refractivity contribution in [2.75, 3.05) is 10.6 Å². The molecule has 0 unspecified atom stereocenters. The lowest BCUT2D eigenvalue weighted by atomic mass is 10.2. The molecule has 0 aliphatic rings. The van der Waals surface area contributed by atoms with E-state index in [1.165, 1.54) is 0 Å². The minimum Gasteiger partial charge on any atom is -0.444 e. The Kier molecular flexibility index (Phi) is 4.95. The van der Waals surface area contributed by atoms with Gasteiger partial charge in [0.15, 0.2) is 0 Å². The Balaban J connectivity index is 1.96. The summed E-state index contributed by atoms with van der Waals surface area (Å²) in [6, 6.07) is 10.0. The molecule has 6 nitrogen and oxygen atoms in total. The Bertz CT molecular complexity index is 676. The molecule has 0 bridgehead atoms. The molecule has 2 rings (SSSR count). The van der Waals surface area contributed by atoms with Gasteiger partial charge >= 0.3 is 6.09 Å². The lowest BCUT2D eigenvalue weighted by Gasteiger charge is -2.19. The van der Waals surface area contributed by atoms with E-state index in [9.17, 15) is 9.59 Å². The average molecular weight is 313 g/mol. The Morgan fingerprint density at radius 1 is 1.00 bits per heavy atom. The van der Waals surface area contributed by atoms with Crippen LogP contribution in [0.3, 0.4) is 0 Å². The number of carbonyl (C=O) groups is 2. The molecule has 0 radical (unpaired) electrons. The maximum atomic E-state index is 12.1. The van der Waals surface area contributed by atoms with Gasteiger partial charge in [0.2, 0.25) is 0 Å². The lowest BCUT2D eigenvalue weighted by molar-refractivity contribution is 0.0636. The van der Waals surface area contributed by atoms with Gasteiger partial charge in [0, 0.05) is 17.4 Å². The summed E-state index contributed by atoms with van der Waals surface area (Å²) < 4.78 is 5.16. The van der Waals surface area contributed by atoms with E-state index in [-0.39, 0.29) is 5.91 Å². The molecule has 0 saturated carbocycles. The molecule has 1 heterocycles. The number of aromatic nitrogens is 1. The summed E-state index contributed by atoms with van der Waals surface area (Å²) in [7, 11) is 0. The topological polar surface area (TPSA) is 80.3 Å². The number of benzene rings is 1. The highest BCUT2D eigenvalue weighted by Gasteiger charge is 2.16. The van der Waals surface area contributed by atoms with Gasteiger partial charge in [0.25, 0.3) is 5.91 Å². The number of hydrogen-bond donors (Lipinski definition) is 2. The van der Waals surface area contributed by atoms with Crippen molar-refractivity contribution in [3.63, 3.8) is 0 Å². The van der Waals surface area contributed by atoms with Crippen LogP contribution in [0.25, 0.3) is 0 Å². The highest BCUT2D eigenvalue weighted by Crippen LogP contribution is 2.14. The second-order valence-electron chi connectivity index (χ2n) is 5.90. The minimum absolute atomic E-state index is 0.248. The van der Waals surface area contributed by atoms with Crippen LogP contribution in [0.15, 0.2) is 48.8 Å². The monoisotopic (exact) mass is 313 g/mol. The lowest BCUT2D eigenvalue weighted by Crippen LogP contribution is -2.27. The van der Waals surface area contributed by atoms with Gasteiger partial charge in [-0.05, 0) is 57.2 Å². The molecular formula is C17H19N3O3. The highest BCUT2D eigenvalue weighted by molar-refractivity contribution is 6.04. The number of nitrogens with zero attached hydrogens (tertiary/aromatic N) is 1. The molecule has 0 fully saturated rings. The van der Waals surface area contributed by atoms with Crippen molar-refractivity contribution in [3.8, 4) is 0 Å². The molecule has 120 valence electrons. The third-order valence-corrected chi connectivity index (χ3v) is 2.71. The first kappa shape index (κ1) is 16.5. The second-order valence-corrected chi connectivity index (χ2v) is 5.90. The van der Waals surface area contributed by atoms with Crippen LogP contribution in [0.4, 0.5) is 16.2 Å². The molecule has 23 heavy (non-hydrogen) atoms. The van der Waals surface area contributed by atoms with E-state index in [4.69, 9.17) is 4.74 Å². The van der Waals surface area contributed by atoms with Gasteiger partial charge in [0.1, 0.15) is 5.60 Å². The molecule has 0 saturated heterocycles. The van der Waals surface area contributed by atoms with Gasteiger partial charge < -0.3 is 10.1 Å². The molecule has 1 aromatic carbocycles. The van der Waals surface area contributed by atoms with Gasteiger partial charge in [-0.3, -0.25) is 15.1 Å². The zero-order valence-corrected chi connectivity index (χ0v) is 13.3. The van der Waals surface area contributed by atoms with Gasteiger partial charge in [0.05, 0.1) is 11.9 Å². The highest BCUT2D eigenvalue weighted by atomic mass is 16.6. The fraction of sp³-hybridized carbons (Fsp3) is 0.235. The number of amides is 2. The van der Waals surface area contributed by atoms with E-state index in [1.807, 2.05) is 0 Å². The Morgan fingerprint density at radius 2 is 1.70 bits per heavy atom. The SMILES string of the molecule is CC(C)(C)OC(=O)Nc1ccc(C(=O)Nc2cccnc2)cc1. The first-order chi connectivity index (χ1) is 10.8. The Morgan fingerprint density at radius 3 is 2.26 bits per heavy atom. The van der Waals surface area contributed by atoms with Crippen molar-refractivity contribution in [2.24, 2.45) is 0 Å². The largest absolute Gasteiger partial charge is 0.444 e. The van der Waals surface area contributed by atoms with Gasteiger partial charge in [-0.1, -0.05) is 0 Å². The van der Waals surface area contributed by atoms with Gasteiger partial charge in [-0.25, -0.2) is 4.79 Å². The molecule has 2 N–H and O–H groups in total. The van der Waals surface area contributed by atoms with Crippen molar-refractivity contribution in [1.29, 1.82) is 0 Å². The zero-order valence-electron chi connectivity index (χ0n) is 13.3. The van der Waals surface area contributed by atoms with Crippen LogP contribution in [-0.4, -0.2) is 22.6 Å². The fourth-order valence-corrected chi connectivity index (χ4v) is 1.77. The average Bonchev–Trinajstić information content (AvgIpc) is 2.47. The number of rotatable bonds is 3. The van der Waals surface area contributed by atoms with E-state index in [2.05, 4.69) is 15.6 Å². The van der Waals surface area contributed by atoms with E-state index >= 15 is 0 Å². The van der Waals surface area contributed by atoms with Crippen molar-refractivity contribution < 1.29 is 14.3 Å². The molecule has 0 atom stereocenters. The van der Waals surface area contributed by atoms with Crippen molar-refractivity contribution in [3.05, 3.63) is 54.4 Å². The molecule has 2 amide bonds. The van der Waals surface area contributed by atoms with E-state index in [1.54, 1.807) is 69.6 Å². The molecule has 2 aromatic rings. The quantitative estimate of drug-likeness (QED) is 0.905. The van der Waals surface area contributed by atoms with Crippen LogP contribution in [-0.2, 0) is 4.74 Å². The molecule has 0 spiro atoms. The summed E-state index contributed by atoms with van der Waals surface area (Å²) in [6.07, 6.45) is 2.66. The first-order valence-electron chi connectivity index (χ1n) is 7.15. The van der Waals surface area contributed by atoms with Crippen LogP contribution < -0.4 is 10.6 Å². The summed E-state index contributed by atoms with van der Waals surface area (Å²) in [4.78, 5) is 27.7. The van der Waals surface area contributed by atoms with Crippen LogP contribution in [0.2, 0.25) is 0 Å². The van der Waals surface area contributed by atoms with E-state index in [0.717, 1.165) is 0 Å². The van der Waals surface area contributed by atoms with Crippen molar-refractivity contribution >= 4 is 23.4 Å². The summed E-state index contributed by atoms with van der Waals surface area (Å²) in [5, 5.41) is 5.35. The summed E-state index contributed by atoms with van der Waals surface area (Å²) in [6.45, 7) is 5.37. The Labute approximate surface area is 134 Å². The third kappa shape index (κ3) is 5.43. The van der Waals surface area contributed by atoms with Crippen molar-refractivity contribution in [1.82, 2.24) is 4.98 Å². The van der Waals surface area contributed by atoms with Gasteiger partial charge in [-0.15, -0.1) is 0 Å². The fourth-order valence-electron chi connectivity index (χ4n) is 1.77. The summed E-state index contributed by atoms with van der Waals surface area (Å²) in [5.41, 5.74) is 1.09. The third-order valence-electron chi connectivity index (χ3n) is 2.71. The molecule has 1 aromatic heterocycles. The number of anilines is 2. The predicted octanol–water partition coefficient (Wildman–Crippen LogP) is 3.68. The number of ether oxygens (including phenoxy) is 1. The second kappa shape index (κ2) is 6.91. The van der Waals surface area contributed by atoms with Crippen LogP contribution in [0, 0.1) is 0 Å². The summed E-state index contributed by atoms with van der Waals surface area (Å²) in [5.74, 6) is -0.248. The van der Waals surface area contributed by atoms with E-state index in [0.29, 0.717) is 16.9 Å². The number of hydrogen-bond acceptors (Lipinski definition) is 4. The van der Waals surface area contributed by atoms with Crippen molar-refractivity contribution in [2.45, 2.75) is 26.4 Å². The summed E-state index contributed by atoms with van der Waals surface area (Å²) >= 11 is 0. The smallest absolute Gasteiger partial charge is 0.412 e. The number of carbonyl (C=O) groups excluding carboxylic acids is 2. The predicted molar refractivity (Wildman–Crippen MR) is 88.5 cm³/mol. The van der Waals surface area contributed by atoms with E-state index < -0.39 is 11.7 Å². The molecule has 6 heteroatoms. The molecular weight excluding hydrogens is 294 g/mol. The minimum atomic E-state index is -0.562. The number of pyridine rings is 1. The van der Waals surface area contributed by atoms with Crippen LogP contribution in [0.1, 0.15) is 31.1 Å². The zero-order chi connectivity index (χ0) is 16.9. The number of nitrogens with one attached hydrogen (secondary N) is 2. The maximum Gasteiger partial charge on any atom is 0.412 e. The standard InChI is InChI=1S/C17H19N3O3/c1-17(2,3)23-16(22)20-13-8-6-12(7-9-13)15(21)19-14-5-4-10-18-11-14/h4-11H,1-3H3,(H,19,21)(H,20,22). The first-order valence-corrected chi connectivity index (χ1v) is 7.15. The normalized spacial score (nSPS) is 10.7. The van der Waals surface area contributed by atoms with Gasteiger partial charge in [-0.2, -0.15) is 0 Å². The van der Waals surface area contributed by atoms with Crippen LogP contribution in [0.5, 0.6) is 0 Å². The molecule has 0 aliphatic carbocycles. The Hall–Kier alpha value is -2.89. The van der Waals surface area contributed by atoms with Crippen LogP contribution >= 0.6 is 0 Å². The molecule has 0 aliphatic heterocycles. The maximum absolute atomic E-state index is 12.1.